The Morgan fingerprint density at radius 2 is 2.19 bits per heavy atom. The number of carbonyl (C=O) groups is 1. The number of aryl methyl sites for hydroxylation is 2. The first kappa shape index (κ1) is 15.1. The molecule has 1 aromatic heterocycles. The van der Waals surface area contributed by atoms with Gasteiger partial charge in [-0.15, -0.1) is 11.3 Å². The van der Waals surface area contributed by atoms with E-state index in [-0.39, 0.29) is 10.6 Å². The van der Waals surface area contributed by atoms with Crippen molar-refractivity contribution in [1.29, 1.82) is 0 Å². The highest BCUT2D eigenvalue weighted by Crippen LogP contribution is 2.33. The second-order valence-electron chi connectivity index (χ2n) is 4.61. The Kier molecular flexibility index (Phi) is 4.32. The molecule has 0 amide bonds. The predicted molar refractivity (Wildman–Crippen MR) is 79.9 cm³/mol. The van der Waals surface area contributed by atoms with Gasteiger partial charge in [0.2, 0.25) is 0 Å². The van der Waals surface area contributed by atoms with E-state index in [4.69, 9.17) is 0 Å². The lowest BCUT2D eigenvalue weighted by Gasteiger charge is -2.01. The number of nitro benzene ring substituents is 1. The number of non-ortho nitro benzene ring substituents is 1. The number of carboxylic acid groups (broad SMARTS) is 1. The van der Waals surface area contributed by atoms with Crippen molar-refractivity contribution in [1.82, 2.24) is 4.98 Å². The number of carboxylic acids is 1. The van der Waals surface area contributed by atoms with Crippen LogP contribution in [0.5, 0.6) is 0 Å². The Morgan fingerprint density at radius 1 is 1.48 bits per heavy atom. The zero-order chi connectivity index (χ0) is 15.6. The summed E-state index contributed by atoms with van der Waals surface area (Å²) in [6, 6.07) is 4.52. The third-order valence-corrected chi connectivity index (χ3v) is 4.16. The lowest BCUT2D eigenvalue weighted by Crippen LogP contribution is -1.98. The summed E-state index contributed by atoms with van der Waals surface area (Å²) in [5, 5.41) is 20.6. The van der Waals surface area contributed by atoms with Crippen LogP contribution in [0.15, 0.2) is 18.2 Å². The smallest absolute Gasteiger partial charge is 0.347 e. The molecule has 1 heterocycles. The molecule has 2 rings (SSSR count). The molecule has 0 radical (unpaired) electrons. The molecule has 0 saturated carbocycles. The van der Waals surface area contributed by atoms with Crippen molar-refractivity contribution in [2.24, 2.45) is 0 Å². The lowest BCUT2D eigenvalue weighted by atomic mass is 10.1. The SMILES string of the molecule is CCCc1nc(-c2cc([N+](=O)[O-])ccc2C)sc1C(=O)O. The number of nitrogens with zero attached hydrogens (tertiary/aromatic N) is 2. The molecule has 6 nitrogen and oxygen atoms in total. The molecule has 0 bridgehead atoms. The molecule has 0 aliphatic carbocycles. The quantitative estimate of drug-likeness (QED) is 0.671. The van der Waals surface area contributed by atoms with Crippen LogP contribution in [0.1, 0.15) is 34.3 Å². The standard InChI is InChI=1S/C14H14N2O4S/c1-3-4-11-12(14(17)18)21-13(15-11)10-7-9(16(19)20)6-5-8(10)2/h5-7H,3-4H2,1-2H3,(H,17,18). The third-order valence-electron chi connectivity index (χ3n) is 3.04. The van der Waals surface area contributed by atoms with Crippen LogP contribution in [0.3, 0.4) is 0 Å². The second-order valence-corrected chi connectivity index (χ2v) is 5.61. The van der Waals surface area contributed by atoms with Crippen LogP contribution in [-0.4, -0.2) is 21.0 Å². The van der Waals surface area contributed by atoms with Crippen molar-refractivity contribution in [3.05, 3.63) is 44.4 Å². The molecular formula is C14H14N2O4S. The van der Waals surface area contributed by atoms with Gasteiger partial charge < -0.3 is 5.11 Å². The first-order valence-electron chi connectivity index (χ1n) is 6.42. The van der Waals surface area contributed by atoms with Gasteiger partial charge in [-0.1, -0.05) is 19.4 Å². The maximum Gasteiger partial charge on any atom is 0.347 e. The highest BCUT2D eigenvalue weighted by atomic mass is 32.1. The minimum absolute atomic E-state index is 0.0280. The minimum Gasteiger partial charge on any atom is -0.477 e. The number of benzene rings is 1. The molecule has 2 aromatic rings. The number of hydrogen-bond donors (Lipinski definition) is 1. The Morgan fingerprint density at radius 3 is 2.76 bits per heavy atom. The molecule has 0 saturated heterocycles. The molecule has 21 heavy (non-hydrogen) atoms. The summed E-state index contributed by atoms with van der Waals surface area (Å²) in [7, 11) is 0. The Labute approximate surface area is 125 Å². The van der Waals surface area contributed by atoms with E-state index >= 15 is 0 Å². The number of nitro groups is 1. The summed E-state index contributed by atoms with van der Waals surface area (Å²) in [6.07, 6.45) is 1.36. The van der Waals surface area contributed by atoms with E-state index < -0.39 is 10.9 Å². The van der Waals surface area contributed by atoms with Gasteiger partial charge >= 0.3 is 5.97 Å². The first-order chi connectivity index (χ1) is 9.93. The van der Waals surface area contributed by atoms with Crippen molar-refractivity contribution < 1.29 is 14.8 Å². The number of aromatic carboxylic acids is 1. The van der Waals surface area contributed by atoms with E-state index in [2.05, 4.69) is 4.98 Å². The number of rotatable bonds is 5. The van der Waals surface area contributed by atoms with Gasteiger partial charge in [-0.05, 0) is 18.9 Å². The summed E-state index contributed by atoms with van der Waals surface area (Å²) in [6.45, 7) is 3.77. The Bertz CT molecular complexity index is 709. The van der Waals surface area contributed by atoms with E-state index in [0.717, 1.165) is 23.3 Å². The fourth-order valence-electron chi connectivity index (χ4n) is 1.99. The van der Waals surface area contributed by atoms with Crippen LogP contribution in [0.25, 0.3) is 10.6 Å². The van der Waals surface area contributed by atoms with Crippen LogP contribution in [0, 0.1) is 17.0 Å². The highest BCUT2D eigenvalue weighted by molar-refractivity contribution is 7.17. The normalized spacial score (nSPS) is 10.6. The monoisotopic (exact) mass is 306 g/mol. The van der Waals surface area contributed by atoms with Gasteiger partial charge in [-0.2, -0.15) is 0 Å². The van der Waals surface area contributed by atoms with E-state index in [0.29, 0.717) is 22.7 Å². The van der Waals surface area contributed by atoms with Gasteiger partial charge in [0.05, 0.1) is 10.6 Å². The van der Waals surface area contributed by atoms with Gasteiger partial charge in [0.15, 0.2) is 0 Å². The van der Waals surface area contributed by atoms with Gasteiger partial charge in [0.1, 0.15) is 9.88 Å². The van der Waals surface area contributed by atoms with E-state index in [1.165, 1.54) is 12.1 Å². The molecule has 0 aliphatic heterocycles. The molecule has 0 atom stereocenters. The van der Waals surface area contributed by atoms with Gasteiger partial charge in [-0.25, -0.2) is 9.78 Å². The third kappa shape index (κ3) is 3.08. The van der Waals surface area contributed by atoms with Crippen LogP contribution in [-0.2, 0) is 6.42 Å². The van der Waals surface area contributed by atoms with E-state index in [1.54, 1.807) is 6.07 Å². The Balaban J connectivity index is 2.56. The largest absolute Gasteiger partial charge is 0.477 e. The first-order valence-corrected chi connectivity index (χ1v) is 7.24. The maximum absolute atomic E-state index is 11.3. The zero-order valence-corrected chi connectivity index (χ0v) is 12.4. The molecule has 1 N–H and O–H groups in total. The van der Waals surface area contributed by atoms with Crippen LogP contribution >= 0.6 is 11.3 Å². The van der Waals surface area contributed by atoms with Crippen LogP contribution in [0.4, 0.5) is 5.69 Å². The molecule has 1 aromatic carbocycles. The van der Waals surface area contributed by atoms with E-state index in [1.807, 2.05) is 13.8 Å². The summed E-state index contributed by atoms with van der Waals surface area (Å²) < 4.78 is 0. The maximum atomic E-state index is 11.3. The predicted octanol–water partition coefficient (Wildman–Crippen LogP) is 3.68. The fourth-order valence-corrected chi connectivity index (χ4v) is 3.03. The average molecular weight is 306 g/mol. The fraction of sp³-hybridized carbons (Fsp3) is 0.286. The second kappa shape index (κ2) is 6.01. The molecule has 0 aliphatic rings. The molecule has 7 heteroatoms. The average Bonchev–Trinajstić information content (AvgIpc) is 2.83. The summed E-state index contributed by atoms with van der Waals surface area (Å²) in [5.41, 5.74) is 1.95. The summed E-state index contributed by atoms with van der Waals surface area (Å²) in [5.74, 6) is -1.01. The van der Waals surface area contributed by atoms with Gasteiger partial charge in [0.25, 0.3) is 5.69 Å². The minimum atomic E-state index is -1.01. The van der Waals surface area contributed by atoms with Gasteiger partial charge in [-0.3, -0.25) is 10.1 Å². The van der Waals surface area contributed by atoms with Crippen molar-refractivity contribution in [3.63, 3.8) is 0 Å². The Hall–Kier alpha value is -2.28. The van der Waals surface area contributed by atoms with Crippen molar-refractivity contribution in [2.45, 2.75) is 26.7 Å². The van der Waals surface area contributed by atoms with Gasteiger partial charge in [0, 0.05) is 17.7 Å². The highest BCUT2D eigenvalue weighted by Gasteiger charge is 2.20. The van der Waals surface area contributed by atoms with Crippen LogP contribution < -0.4 is 0 Å². The summed E-state index contributed by atoms with van der Waals surface area (Å²) in [4.78, 5) is 26.2. The molecular weight excluding hydrogens is 292 g/mol. The summed E-state index contributed by atoms with van der Waals surface area (Å²) >= 11 is 1.06. The molecule has 110 valence electrons. The number of aromatic nitrogens is 1. The molecule has 0 spiro atoms. The van der Waals surface area contributed by atoms with Crippen molar-refractivity contribution in [2.75, 3.05) is 0 Å². The zero-order valence-electron chi connectivity index (χ0n) is 11.6. The van der Waals surface area contributed by atoms with Crippen molar-refractivity contribution >= 4 is 23.0 Å². The van der Waals surface area contributed by atoms with Crippen molar-refractivity contribution in [3.8, 4) is 10.6 Å². The van der Waals surface area contributed by atoms with Crippen LogP contribution in [0.2, 0.25) is 0 Å². The molecule has 0 unspecified atom stereocenters. The number of thiazole rings is 1. The van der Waals surface area contributed by atoms with E-state index in [9.17, 15) is 20.0 Å². The topological polar surface area (TPSA) is 93.3 Å². The number of hydrogen-bond acceptors (Lipinski definition) is 5. The molecule has 0 fully saturated rings. The lowest BCUT2D eigenvalue weighted by molar-refractivity contribution is -0.384.